The van der Waals surface area contributed by atoms with Crippen molar-refractivity contribution in [3.05, 3.63) is 12.4 Å². The predicted octanol–water partition coefficient (Wildman–Crippen LogP) is 1.44. The van der Waals surface area contributed by atoms with Crippen molar-refractivity contribution in [3.8, 4) is 0 Å². The van der Waals surface area contributed by atoms with Gasteiger partial charge < -0.3 is 15.6 Å². The summed E-state index contributed by atoms with van der Waals surface area (Å²) in [5.41, 5.74) is 2.49. The lowest BCUT2D eigenvalue weighted by atomic mass is 10.0. The Balaban J connectivity index is 1.68. The summed E-state index contributed by atoms with van der Waals surface area (Å²) in [6.45, 7) is 5.63. The molecule has 1 aromatic heterocycles. The molecule has 1 unspecified atom stereocenters. The van der Waals surface area contributed by atoms with Gasteiger partial charge in [0, 0.05) is 19.1 Å². The minimum atomic E-state index is 0.578. The minimum Gasteiger partial charge on any atom is -0.369 e. The SMILES string of the molecule is CC1CCCCN1CCCNc1cncc(NN)n1. The number of hydrogen-bond donors (Lipinski definition) is 3. The molecule has 0 saturated carbocycles. The Hall–Kier alpha value is -1.40. The highest BCUT2D eigenvalue weighted by molar-refractivity contribution is 5.40. The summed E-state index contributed by atoms with van der Waals surface area (Å²) in [6.07, 6.45) is 8.48. The fraction of sp³-hybridized carbons (Fsp3) is 0.692. The Morgan fingerprint density at radius 2 is 2.21 bits per heavy atom. The lowest BCUT2D eigenvalue weighted by molar-refractivity contribution is 0.160. The lowest BCUT2D eigenvalue weighted by Crippen LogP contribution is -2.38. The van der Waals surface area contributed by atoms with Gasteiger partial charge in [0.05, 0.1) is 12.4 Å². The Morgan fingerprint density at radius 1 is 1.37 bits per heavy atom. The highest BCUT2D eigenvalue weighted by Gasteiger charge is 2.16. The van der Waals surface area contributed by atoms with Gasteiger partial charge in [-0.1, -0.05) is 6.42 Å². The third-order valence-corrected chi connectivity index (χ3v) is 3.65. The molecule has 4 N–H and O–H groups in total. The van der Waals surface area contributed by atoms with Crippen molar-refractivity contribution >= 4 is 11.6 Å². The van der Waals surface area contributed by atoms with Gasteiger partial charge in [-0.3, -0.25) is 4.98 Å². The van der Waals surface area contributed by atoms with Gasteiger partial charge in [-0.05, 0) is 32.7 Å². The standard InChI is InChI=1S/C13H24N6/c1-11-5-2-3-7-19(11)8-4-6-16-12-9-15-10-13(17-12)18-14/h9-11H,2-8,14H2,1H3,(H2,16,17,18). The fourth-order valence-corrected chi connectivity index (χ4v) is 2.51. The Kier molecular flexibility index (Phi) is 5.35. The van der Waals surface area contributed by atoms with Crippen LogP contribution < -0.4 is 16.6 Å². The summed E-state index contributed by atoms with van der Waals surface area (Å²) >= 11 is 0. The first kappa shape index (κ1) is 14.0. The number of nitrogens with one attached hydrogen (secondary N) is 2. The molecule has 1 aliphatic heterocycles. The molecule has 1 saturated heterocycles. The molecule has 6 nitrogen and oxygen atoms in total. The summed E-state index contributed by atoms with van der Waals surface area (Å²) in [5, 5.41) is 3.28. The van der Waals surface area contributed by atoms with Crippen molar-refractivity contribution in [3.63, 3.8) is 0 Å². The molecule has 106 valence electrons. The molecule has 0 aliphatic carbocycles. The van der Waals surface area contributed by atoms with Crippen molar-refractivity contribution in [2.75, 3.05) is 30.4 Å². The molecule has 1 atom stereocenters. The Bertz CT molecular complexity index is 383. The van der Waals surface area contributed by atoms with E-state index in [2.05, 4.69) is 32.5 Å². The van der Waals surface area contributed by atoms with E-state index >= 15 is 0 Å². The van der Waals surface area contributed by atoms with Crippen LogP contribution in [-0.2, 0) is 0 Å². The largest absolute Gasteiger partial charge is 0.369 e. The first-order chi connectivity index (χ1) is 9.29. The predicted molar refractivity (Wildman–Crippen MR) is 77.8 cm³/mol. The monoisotopic (exact) mass is 264 g/mol. The second kappa shape index (κ2) is 7.25. The van der Waals surface area contributed by atoms with Gasteiger partial charge in [0.2, 0.25) is 0 Å². The van der Waals surface area contributed by atoms with Crippen molar-refractivity contribution < 1.29 is 0 Å². The molecule has 19 heavy (non-hydrogen) atoms. The molecule has 0 bridgehead atoms. The van der Waals surface area contributed by atoms with Gasteiger partial charge in [0.25, 0.3) is 0 Å². The molecule has 1 aliphatic rings. The molecule has 0 aromatic carbocycles. The molecule has 1 aromatic rings. The van der Waals surface area contributed by atoms with Gasteiger partial charge in [0.15, 0.2) is 5.82 Å². The zero-order chi connectivity index (χ0) is 13.5. The van der Waals surface area contributed by atoms with Crippen LogP contribution in [0.15, 0.2) is 12.4 Å². The van der Waals surface area contributed by atoms with Crippen molar-refractivity contribution in [1.82, 2.24) is 14.9 Å². The topological polar surface area (TPSA) is 79.1 Å². The number of likely N-dealkylation sites (tertiary alicyclic amines) is 1. The number of aromatic nitrogens is 2. The average Bonchev–Trinajstić information content (AvgIpc) is 2.45. The maximum atomic E-state index is 5.30. The third kappa shape index (κ3) is 4.33. The molecule has 0 radical (unpaired) electrons. The van der Waals surface area contributed by atoms with Crippen molar-refractivity contribution in [1.29, 1.82) is 0 Å². The van der Waals surface area contributed by atoms with E-state index in [-0.39, 0.29) is 0 Å². The summed E-state index contributed by atoms with van der Waals surface area (Å²) in [4.78, 5) is 10.9. The quantitative estimate of drug-likeness (QED) is 0.410. The Morgan fingerprint density at radius 3 is 3.00 bits per heavy atom. The summed E-state index contributed by atoms with van der Waals surface area (Å²) in [6, 6.07) is 0.735. The maximum absolute atomic E-state index is 5.30. The molecular formula is C13H24N6. The van der Waals surface area contributed by atoms with Crippen LogP contribution in [0, 0.1) is 0 Å². The van der Waals surface area contributed by atoms with E-state index in [4.69, 9.17) is 5.84 Å². The van der Waals surface area contributed by atoms with E-state index in [0.29, 0.717) is 5.82 Å². The smallest absolute Gasteiger partial charge is 0.160 e. The third-order valence-electron chi connectivity index (χ3n) is 3.65. The average molecular weight is 264 g/mol. The van der Waals surface area contributed by atoms with Crippen LogP contribution in [0.5, 0.6) is 0 Å². The lowest BCUT2D eigenvalue weighted by Gasteiger charge is -2.33. The molecule has 2 heterocycles. The number of nitrogens with zero attached hydrogens (tertiary/aromatic N) is 3. The minimum absolute atomic E-state index is 0.578. The maximum Gasteiger partial charge on any atom is 0.160 e. The van der Waals surface area contributed by atoms with Gasteiger partial charge in [0.1, 0.15) is 5.82 Å². The number of nitrogen functional groups attached to an aromatic ring is 1. The first-order valence-electron chi connectivity index (χ1n) is 7.06. The van der Waals surface area contributed by atoms with E-state index in [1.165, 1.54) is 25.8 Å². The second-order valence-corrected chi connectivity index (χ2v) is 5.09. The molecule has 0 spiro atoms. The number of hydrazine groups is 1. The number of anilines is 2. The highest BCUT2D eigenvalue weighted by Crippen LogP contribution is 2.16. The van der Waals surface area contributed by atoms with Crippen molar-refractivity contribution in [2.45, 2.75) is 38.6 Å². The van der Waals surface area contributed by atoms with E-state index < -0.39 is 0 Å². The van der Waals surface area contributed by atoms with Crippen LogP contribution in [0.3, 0.4) is 0 Å². The van der Waals surface area contributed by atoms with Gasteiger partial charge >= 0.3 is 0 Å². The summed E-state index contributed by atoms with van der Waals surface area (Å²) < 4.78 is 0. The fourth-order valence-electron chi connectivity index (χ4n) is 2.51. The number of nitrogens with two attached hydrogens (primary N) is 1. The van der Waals surface area contributed by atoms with Crippen LogP contribution >= 0.6 is 0 Å². The van der Waals surface area contributed by atoms with Crippen LogP contribution in [0.4, 0.5) is 11.6 Å². The van der Waals surface area contributed by atoms with Crippen LogP contribution in [0.2, 0.25) is 0 Å². The van der Waals surface area contributed by atoms with E-state index in [1.807, 2.05) is 0 Å². The molecule has 6 heteroatoms. The number of hydrogen-bond acceptors (Lipinski definition) is 6. The second-order valence-electron chi connectivity index (χ2n) is 5.09. The van der Waals surface area contributed by atoms with E-state index in [0.717, 1.165) is 31.4 Å². The number of piperidine rings is 1. The van der Waals surface area contributed by atoms with Gasteiger partial charge in [-0.25, -0.2) is 10.8 Å². The Labute approximate surface area is 114 Å². The molecule has 2 rings (SSSR count). The molecular weight excluding hydrogens is 240 g/mol. The molecule has 0 amide bonds. The number of rotatable bonds is 6. The summed E-state index contributed by atoms with van der Waals surface area (Å²) in [7, 11) is 0. The zero-order valence-electron chi connectivity index (χ0n) is 11.6. The van der Waals surface area contributed by atoms with Crippen LogP contribution in [0.1, 0.15) is 32.6 Å². The summed E-state index contributed by atoms with van der Waals surface area (Å²) in [5.74, 6) is 6.64. The zero-order valence-corrected chi connectivity index (χ0v) is 11.6. The van der Waals surface area contributed by atoms with Crippen LogP contribution in [0.25, 0.3) is 0 Å². The normalized spacial score (nSPS) is 20.2. The van der Waals surface area contributed by atoms with E-state index in [9.17, 15) is 0 Å². The van der Waals surface area contributed by atoms with E-state index in [1.54, 1.807) is 12.4 Å². The first-order valence-corrected chi connectivity index (χ1v) is 7.06. The highest BCUT2D eigenvalue weighted by atomic mass is 15.3. The van der Waals surface area contributed by atoms with Crippen LogP contribution in [-0.4, -0.2) is 40.5 Å². The van der Waals surface area contributed by atoms with Gasteiger partial charge in [-0.15, -0.1) is 0 Å². The van der Waals surface area contributed by atoms with Gasteiger partial charge in [-0.2, -0.15) is 0 Å². The van der Waals surface area contributed by atoms with Crippen molar-refractivity contribution in [2.24, 2.45) is 5.84 Å². The molecule has 1 fully saturated rings.